The van der Waals surface area contributed by atoms with Crippen LogP contribution in [0.3, 0.4) is 0 Å². The predicted octanol–water partition coefficient (Wildman–Crippen LogP) is 4.51. The Morgan fingerprint density at radius 3 is 2.53 bits per heavy atom. The molecule has 4 heteroatoms. The molecule has 3 aromatic carbocycles. The van der Waals surface area contributed by atoms with Gasteiger partial charge in [-0.05, 0) is 39.8 Å². The topological polar surface area (TPSA) is 69.2 Å². The molecule has 0 fully saturated rings. The van der Waals surface area contributed by atoms with Gasteiger partial charge in [-0.2, -0.15) is 0 Å². The number of fused-ring (bicyclic) bond motifs is 4. The Labute approximate surface area is 175 Å². The average molecular weight is 396 g/mol. The molecule has 0 bridgehead atoms. The molecule has 1 heterocycles. The van der Waals surface area contributed by atoms with Crippen molar-refractivity contribution in [1.29, 1.82) is 0 Å². The number of nitrogens with one attached hydrogen (secondary N) is 1. The normalized spacial score (nSPS) is 19.8. The summed E-state index contributed by atoms with van der Waals surface area (Å²) in [5.41, 5.74) is 4.23. The summed E-state index contributed by atoms with van der Waals surface area (Å²) < 4.78 is 0. The molecule has 1 N–H and O–H groups in total. The van der Waals surface area contributed by atoms with Gasteiger partial charge in [0.15, 0.2) is 5.78 Å². The lowest BCUT2D eigenvalue weighted by Gasteiger charge is -2.40. The van der Waals surface area contributed by atoms with Gasteiger partial charge in [0.25, 0.3) is 0 Å². The zero-order valence-corrected chi connectivity index (χ0v) is 17.0. The molecule has 1 aliphatic heterocycles. The Balaban J connectivity index is 1.82. The first-order chi connectivity index (χ1) is 14.4. The van der Waals surface area contributed by atoms with Crippen molar-refractivity contribution >= 4 is 33.8 Å². The summed E-state index contributed by atoms with van der Waals surface area (Å²) in [6.07, 6.45) is 1.21. The Hall–Kier alpha value is -3.40. The number of benzene rings is 3. The van der Waals surface area contributed by atoms with Crippen LogP contribution in [0.25, 0.3) is 16.3 Å². The smallest absolute Gasteiger partial charge is 0.162 e. The van der Waals surface area contributed by atoms with Gasteiger partial charge < -0.3 is 15.2 Å². The molecular formula is C26H22NO3-. The summed E-state index contributed by atoms with van der Waals surface area (Å²) in [5.74, 6) is -1.16. The van der Waals surface area contributed by atoms with Gasteiger partial charge in [-0.15, -0.1) is 0 Å². The number of Topliss-reactive ketones (excluding diaryl/α,β-unsaturated/α-hetero) is 1. The number of carboxylic acid groups (broad SMARTS) is 1. The number of allylic oxidation sites excluding steroid dienone is 1. The summed E-state index contributed by atoms with van der Waals surface area (Å²) in [6.45, 7) is 4.23. The van der Waals surface area contributed by atoms with Gasteiger partial charge in [-0.25, -0.2) is 0 Å². The van der Waals surface area contributed by atoms with E-state index in [0.29, 0.717) is 17.6 Å². The maximum Gasteiger partial charge on any atom is 0.162 e. The summed E-state index contributed by atoms with van der Waals surface area (Å²) in [6, 6.07) is 18.6. The van der Waals surface area contributed by atoms with E-state index in [2.05, 4.69) is 37.4 Å². The van der Waals surface area contributed by atoms with Crippen molar-refractivity contribution in [2.24, 2.45) is 5.41 Å². The van der Waals surface area contributed by atoms with Gasteiger partial charge in [0.05, 0.1) is 12.0 Å². The van der Waals surface area contributed by atoms with Crippen molar-refractivity contribution in [3.05, 3.63) is 82.9 Å². The van der Waals surface area contributed by atoms with Gasteiger partial charge in [0.1, 0.15) is 0 Å². The van der Waals surface area contributed by atoms with E-state index in [0.717, 1.165) is 34.0 Å². The molecular weight excluding hydrogens is 374 g/mol. The fourth-order valence-corrected chi connectivity index (χ4v) is 5.01. The highest BCUT2D eigenvalue weighted by molar-refractivity contribution is 6.13. The van der Waals surface area contributed by atoms with E-state index < -0.39 is 12.0 Å². The van der Waals surface area contributed by atoms with Crippen LogP contribution >= 0.6 is 0 Å². The minimum absolute atomic E-state index is 0.0745. The summed E-state index contributed by atoms with van der Waals surface area (Å²) in [4.78, 5) is 25.2. The van der Waals surface area contributed by atoms with Crippen LogP contribution < -0.4 is 10.4 Å². The largest absolute Gasteiger partial charge is 0.545 e. The molecule has 5 rings (SSSR count). The highest BCUT2D eigenvalue weighted by atomic mass is 16.4. The molecule has 1 atom stereocenters. The third-order valence-corrected chi connectivity index (χ3v) is 6.23. The lowest BCUT2D eigenvalue weighted by Crippen LogP contribution is -2.34. The SMILES string of the molecule is CC1(C)CC(=O)C2=C(C1)c1c(ccc3ccccc13)N[C@H]2c1ccccc1C(=O)[O-]. The van der Waals surface area contributed by atoms with E-state index in [1.807, 2.05) is 18.2 Å². The van der Waals surface area contributed by atoms with Crippen LogP contribution in [0.15, 0.2) is 66.2 Å². The van der Waals surface area contributed by atoms with Gasteiger partial charge in [-0.1, -0.05) is 68.4 Å². The molecule has 0 saturated carbocycles. The van der Waals surface area contributed by atoms with Crippen LogP contribution in [0, 0.1) is 5.41 Å². The first kappa shape index (κ1) is 18.6. The van der Waals surface area contributed by atoms with Crippen LogP contribution in [0.5, 0.6) is 0 Å². The number of carboxylic acids is 1. The van der Waals surface area contributed by atoms with E-state index in [1.54, 1.807) is 24.3 Å². The molecule has 2 aliphatic rings. The third kappa shape index (κ3) is 2.83. The van der Waals surface area contributed by atoms with E-state index in [-0.39, 0.29) is 16.8 Å². The molecule has 0 radical (unpaired) electrons. The Bertz CT molecular complexity index is 1250. The Kier molecular flexibility index (Phi) is 4.07. The summed E-state index contributed by atoms with van der Waals surface area (Å²) >= 11 is 0. The fraction of sp³-hybridized carbons (Fsp3) is 0.231. The number of aromatic carboxylic acids is 1. The highest BCUT2D eigenvalue weighted by Gasteiger charge is 2.41. The van der Waals surface area contributed by atoms with E-state index in [4.69, 9.17) is 0 Å². The van der Waals surface area contributed by atoms with Crippen molar-refractivity contribution in [2.75, 3.05) is 5.32 Å². The van der Waals surface area contributed by atoms with Crippen molar-refractivity contribution < 1.29 is 14.7 Å². The Morgan fingerprint density at radius 2 is 1.73 bits per heavy atom. The number of anilines is 1. The molecule has 0 spiro atoms. The summed E-state index contributed by atoms with van der Waals surface area (Å²) in [7, 11) is 0. The van der Waals surface area contributed by atoms with Crippen LogP contribution in [-0.2, 0) is 4.79 Å². The minimum Gasteiger partial charge on any atom is -0.545 e. The van der Waals surface area contributed by atoms with Gasteiger partial charge in [-0.3, -0.25) is 4.79 Å². The lowest BCUT2D eigenvalue weighted by atomic mass is 9.67. The third-order valence-electron chi connectivity index (χ3n) is 6.23. The zero-order chi connectivity index (χ0) is 21.0. The standard InChI is InChI=1S/C26H23NO3/c1-26(2)13-19-22-16-8-4-3-7-15(16)11-12-20(22)27-24(23(19)21(28)14-26)17-9-5-6-10-18(17)25(29)30/h3-12,24,27H,13-14H2,1-2H3,(H,29,30)/p-1/t24-/m0/s1. The number of carbonyl (C=O) groups is 2. The van der Waals surface area contributed by atoms with Crippen molar-refractivity contribution in [3.63, 3.8) is 0 Å². The molecule has 30 heavy (non-hydrogen) atoms. The first-order valence-corrected chi connectivity index (χ1v) is 10.2. The van der Waals surface area contributed by atoms with Crippen molar-refractivity contribution in [1.82, 2.24) is 0 Å². The van der Waals surface area contributed by atoms with E-state index in [9.17, 15) is 14.7 Å². The van der Waals surface area contributed by atoms with Crippen LogP contribution in [0.1, 0.15) is 54.2 Å². The monoisotopic (exact) mass is 396 g/mol. The molecule has 0 unspecified atom stereocenters. The molecule has 0 saturated heterocycles. The van der Waals surface area contributed by atoms with Gasteiger partial charge >= 0.3 is 0 Å². The lowest BCUT2D eigenvalue weighted by molar-refractivity contribution is -0.255. The fourth-order valence-electron chi connectivity index (χ4n) is 5.01. The van der Waals surface area contributed by atoms with Crippen molar-refractivity contribution in [3.8, 4) is 0 Å². The highest BCUT2D eigenvalue weighted by Crippen LogP contribution is 2.52. The van der Waals surface area contributed by atoms with Crippen LogP contribution in [-0.4, -0.2) is 11.8 Å². The second-order valence-corrected chi connectivity index (χ2v) is 8.99. The number of hydrogen-bond donors (Lipinski definition) is 1. The second-order valence-electron chi connectivity index (χ2n) is 8.99. The Morgan fingerprint density at radius 1 is 1.00 bits per heavy atom. The number of hydrogen-bond acceptors (Lipinski definition) is 4. The molecule has 150 valence electrons. The van der Waals surface area contributed by atoms with Crippen molar-refractivity contribution in [2.45, 2.75) is 32.7 Å². The molecule has 1 aliphatic carbocycles. The first-order valence-electron chi connectivity index (χ1n) is 10.2. The molecule has 0 aromatic heterocycles. The van der Waals surface area contributed by atoms with Gasteiger partial charge in [0.2, 0.25) is 0 Å². The number of rotatable bonds is 2. The maximum atomic E-state index is 13.4. The van der Waals surface area contributed by atoms with Crippen LogP contribution in [0.2, 0.25) is 0 Å². The second kappa shape index (κ2) is 6.56. The predicted molar refractivity (Wildman–Crippen MR) is 116 cm³/mol. The molecule has 4 nitrogen and oxygen atoms in total. The van der Waals surface area contributed by atoms with Crippen LogP contribution in [0.4, 0.5) is 5.69 Å². The number of ketones is 1. The van der Waals surface area contributed by atoms with E-state index in [1.165, 1.54) is 0 Å². The zero-order valence-electron chi connectivity index (χ0n) is 17.0. The maximum absolute atomic E-state index is 13.4. The quantitative estimate of drug-likeness (QED) is 0.692. The minimum atomic E-state index is -1.23. The van der Waals surface area contributed by atoms with E-state index >= 15 is 0 Å². The summed E-state index contributed by atoms with van der Waals surface area (Å²) in [5, 5.41) is 17.5. The average Bonchev–Trinajstić information content (AvgIpc) is 2.71. The molecule has 3 aromatic rings. The van der Waals surface area contributed by atoms with Gasteiger partial charge in [0, 0.05) is 28.8 Å². The number of carbonyl (C=O) groups excluding carboxylic acids is 2. The molecule has 0 amide bonds.